The van der Waals surface area contributed by atoms with E-state index in [1.807, 2.05) is 0 Å². The maximum Gasteiger partial charge on any atom is 0.156 e. The van der Waals surface area contributed by atoms with E-state index in [0.717, 1.165) is 13.2 Å². The van der Waals surface area contributed by atoms with Gasteiger partial charge in [-0.2, -0.15) is 0 Å². The minimum absolute atomic E-state index is 0.450. The Kier molecular flexibility index (Phi) is 7.44. The molecule has 3 nitrogen and oxygen atoms in total. The number of hydrogen-bond acceptors (Lipinski definition) is 2. The molecule has 0 unspecified atom stereocenters. The highest BCUT2D eigenvalue weighted by Gasteiger charge is 2.05. The van der Waals surface area contributed by atoms with Gasteiger partial charge < -0.3 is 14.8 Å². The zero-order chi connectivity index (χ0) is 13.4. The molecule has 0 aliphatic heterocycles. The van der Waals surface area contributed by atoms with E-state index in [9.17, 15) is 0 Å². The van der Waals surface area contributed by atoms with Crippen molar-refractivity contribution >= 4 is 23.2 Å². The first-order chi connectivity index (χ1) is 8.61. The van der Waals surface area contributed by atoms with Crippen molar-refractivity contribution < 1.29 is 14.8 Å². The molecule has 1 rings (SSSR count). The number of rotatable bonds is 8. The standard InChI is InChI=1S/C13H19Cl2NO2/c1-10(2)16-6-7-17-8-9-18-13-11(14)4-3-5-12(13)15/h3-5,10,16H,6-9H2,1-2H3/p+1. The van der Waals surface area contributed by atoms with E-state index in [2.05, 4.69) is 19.2 Å². The first-order valence-corrected chi connectivity index (χ1v) is 6.84. The van der Waals surface area contributed by atoms with Gasteiger partial charge in [-0.05, 0) is 26.0 Å². The Morgan fingerprint density at radius 2 is 1.78 bits per heavy atom. The van der Waals surface area contributed by atoms with Crippen LogP contribution in [0.3, 0.4) is 0 Å². The molecule has 5 heteroatoms. The van der Waals surface area contributed by atoms with Gasteiger partial charge in [0, 0.05) is 0 Å². The Morgan fingerprint density at radius 3 is 2.39 bits per heavy atom. The summed E-state index contributed by atoms with van der Waals surface area (Å²) in [5, 5.41) is 3.28. The molecule has 102 valence electrons. The van der Waals surface area contributed by atoms with Crippen molar-refractivity contribution in [2.75, 3.05) is 26.4 Å². The van der Waals surface area contributed by atoms with Crippen LogP contribution in [0.25, 0.3) is 0 Å². The molecule has 0 aliphatic rings. The number of benzene rings is 1. The smallest absolute Gasteiger partial charge is 0.156 e. The van der Waals surface area contributed by atoms with E-state index in [4.69, 9.17) is 32.7 Å². The quantitative estimate of drug-likeness (QED) is 0.747. The zero-order valence-electron chi connectivity index (χ0n) is 10.8. The summed E-state index contributed by atoms with van der Waals surface area (Å²) in [4.78, 5) is 0. The van der Waals surface area contributed by atoms with Crippen LogP contribution in [0.5, 0.6) is 5.75 Å². The van der Waals surface area contributed by atoms with E-state index in [1.165, 1.54) is 0 Å². The number of nitrogens with two attached hydrogens (primary N) is 1. The Bertz CT molecular complexity index is 339. The molecule has 0 bridgehead atoms. The van der Waals surface area contributed by atoms with Crippen molar-refractivity contribution in [3.63, 3.8) is 0 Å². The number of ether oxygens (including phenoxy) is 2. The lowest BCUT2D eigenvalue weighted by atomic mass is 10.3. The van der Waals surface area contributed by atoms with Crippen LogP contribution in [0.15, 0.2) is 18.2 Å². The monoisotopic (exact) mass is 292 g/mol. The van der Waals surface area contributed by atoms with Crippen molar-refractivity contribution in [1.29, 1.82) is 0 Å². The second-order valence-corrected chi connectivity index (χ2v) is 5.09. The molecule has 0 aliphatic carbocycles. The number of halogens is 2. The lowest BCUT2D eigenvalue weighted by Crippen LogP contribution is -2.89. The number of hydrogen-bond donors (Lipinski definition) is 1. The van der Waals surface area contributed by atoms with E-state index < -0.39 is 0 Å². The molecule has 0 saturated heterocycles. The third-order valence-electron chi connectivity index (χ3n) is 2.29. The lowest BCUT2D eigenvalue weighted by molar-refractivity contribution is -0.684. The predicted octanol–water partition coefficient (Wildman–Crippen LogP) is 2.36. The van der Waals surface area contributed by atoms with Crippen LogP contribution in [-0.2, 0) is 4.74 Å². The molecule has 0 amide bonds. The molecule has 0 saturated carbocycles. The molecule has 18 heavy (non-hydrogen) atoms. The van der Waals surface area contributed by atoms with E-state index in [-0.39, 0.29) is 0 Å². The van der Waals surface area contributed by atoms with Gasteiger partial charge in [-0.1, -0.05) is 29.3 Å². The molecular formula is C13H20Cl2NO2+. The van der Waals surface area contributed by atoms with Gasteiger partial charge in [0.2, 0.25) is 0 Å². The summed E-state index contributed by atoms with van der Waals surface area (Å²) >= 11 is 11.9. The Balaban J connectivity index is 2.14. The molecular weight excluding hydrogens is 273 g/mol. The Labute approximate surface area is 118 Å². The van der Waals surface area contributed by atoms with Crippen LogP contribution in [0.4, 0.5) is 0 Å². The molecule has 0 atom stereocenters. The van der Waals surface area contributed by atoms with Gasteiger partial charge in [0.05, 0.1) is 35.8 Å². The van der Waals surface area contributed by atoms with Gasteiger partial charge in [-0.25, -0.2) is 0 Å². The Morgan fingerprint density at radius 1 is 1.11 bits per heavy atom. The molecule has 0 spiro atoms. The molecule has 2 N–H and O–H groups in total. The topological polar surface area (TPSA) is 35.1 Å². The Hall–Kier alpha value is -0.480. The van der Waals surface area contributed by atoms with Crippen LogP contribution >= 0.6 is 23.2 Å². The van der Waals surface area contributed by atoms with E-state index in [1.54, 1.807) is 18.2 Å². The SMILES string of the molecule is CC(C)[NH2+]CCOCCOc1c(Cl)cccc1Cl. The van der Waals surface area contributed by atoms with E-state index >= 15 is 0 Å². The zero-order valence-corrected chi connectivity index (χ0v) is 12.3. The van der Waals surface area contributed by atoms with E-state index in [0.29, 0.717) is 35.1 Å². The van der Waals surface area contributed by atoms with Crippen LogP contribution in [-0.4, -0.2) is 32.4 Å². The highest BCUT2D eigenvalue weighted by molar-refractivity contribution is 6.37. The van der Waals surface area contributed by atoms with Crippen LogP contribution in [0, 0.1) is 0 Å². The molecule has 1 aromatic rings. The fraction of sp³-hybridized carbons (Fsp3) is 0.538. The van der Waals surface area contributed by atoms with Gasteiger partial charge in [-0.3, -0.25) is 0 Å². The predicted molar refractivity (Wildman–Crippen MR) is 74.7 cm³/mol. The van der Waals surface area contributed by atoms with Crippen LogP contribution in [0.1, 0.15) is 13.8 Å². The summed E-state index contributed by atoms with van der Waals surface area (Å²) in [6.45, 7) is 6.98. The van der Waals surface area contributed by atoms with Gasteiger partial charge in [-0.15, -0.1) is 0 Å². The van der Waals surface area contributed by atoms with Crippen molar-refractivity contribution in [3.05, 3.63) is 28.2 Å². The highest BCUT2D eigenvalue weighted by atomic mass is 35.5. The average Bonchev–Trinajstić information content (AvgIpc) is 2.30. The molecule has 0 radical (unpaired) electrons. The lowest BCUT2D eigenvalue weighted by Gasteiger charge is -2.10. The van der Waals surface area contributed by atoms with Gasteiger partial charge in [0.25, 0.3) is 0 Å². The van der Waals surface area contributed by atoms with Crippen molar-refractivity contribution in [1.82, 2.24) is 0 Å². The molecule has 1 aromatic carbocycles. The normalized spacial score (nSPS) is 10.9. The third-order valence-corrected chi connectivity index (χ3v) is 2.89. The second kappa shape index (κ2) is 8.59. The maximum atomic E-state index is 5.97. The second-order valence-electron chi connectivity index (χ2n) is 4.28. The summed E-state index contributed by atoms with van der Waals surface area (Å²) in [6.07, 6.45) is 0. The van der Waals surface area contributed by atoms with Gasteiger partial charge in [0.1, 0.15) is 6.61 Å². The number of quaternary nitrogens is 1. The van der Waals surface area contributed by atoms with Crippen LogP contribution in [0.2, 0.25) is 10.0 Å². The van der Waals surface area contributed by atoms with Crippen LogP contribution < -0.4 is 10.1 Å². The van der Waals surface area contributed by atoms with Gasteiger partial charge >= 0.3 is 0 Å². The van der Waals surface area contributed by atoms with Crippen molar-refractivity contribution in [2.24, 2.45) is 0 Å². The first kappa shape index (κ1) is 15.6. The summed E-state index contributed by atoms with van der Waals surface area (Å²) in [5.41, 5.74) is 0. The van der Waals surface area contributed by atoms with Crippen molar-refractivity contribution in [3.8, 4) is 5.75 Å². The fourth-order valence-corrected chi connectivity index (χ4v) is 1.92. The third kappa shape index (κ3) is 5.91. The minimum atomic E-state index is 0.450. The van der Waals surface area contributed by atoms with Gasteiger partial charge in [0.15, 0.2) is 5.75 Å². The molecule has 0 aromatic heterocycles. The summed E-state index contributed by atoms with van der Waals surface area (Å²) in [6, 6.07) is 5.89. The van der Waals surface area contributed by atoms with Crippen molar-refractivity contribution in [2.45, 2.75) is 19.9 Å². The molecule has 0 heterocycles. The average molecular weight is 293 g/mol. The highest BCUT2D eigenvalue weighted by Crippen LogP contribution is 2.32. The summed E-state index contributed by atoms with van der Waals surface area (Å²) in [7, 11) is 0. The minimum Gasteiger partial charge on any atom is -0.488 e. The summed E-state index contributed by atoms with van der Waals surface area (Å²) in [5.74, 6) is 0.526. The first-order valence-electron chi connectivity index (χ1n) is 6.09. The largest absolute Gasteiger partial charge is 0.488 e. The maximum absolute atomic E-state index is 5.97. The number of para-hydroxylation sites is 1. The summed E-state index contributed by atoms with van der Waals surface area (Å²) < 4.78 is 10.9. The molecule has 0 fully saturated rings. The fourth-order valence-electron chi connectivity index (χ4n) is 1.41.